The van der Waals surface area contributed by atoms with Gasteiger partial charge in [-0.05, 0) is 19.8 Å². The molecule has 0 saturated carbocycles. The molecule has 2 aromatic rings. The molecular formula is C12H19N5. The Morgan fingerprint density at radius 2 is 2.00 bits per heavy atom. The number of anilines is 1. The normalized spacial score (nSPS) is 13.3. The monoisotopic (exact) mass is 233 g/mol. The molecule has 0 N–H and O–H groups in total. The molecule has 0 aliphatic carbocycles. The van der Waals surface area contributed by atoms with Crippen molar-refractivity contribution in [1.29, 1.82) is 0 Å². The minimum Gasteiger partial charge on any atom is -0.356 e. The molecule has 0 saturated heterocycles. The van der Waals surface area contributed by atoms with Gasteiger partial charge in [-0.15, -0.1) is 0 Å². The van der Waals surface area contributed by atoms with E-state index in [0.717, 1.165) is 11.5 Å². The Labute approximate surface area is 101 Å². The average Bonchev–Trinajstić information content (AvgIpc) is 2.73. The van der Waals surface area contributed by atoms with Gasteiger partial charge in [-0.25, -0.2) is 4.98 Å². The SMILES string of the molecule is Cc1cc(N(C)[C@@H](C)C(C)C)n2ncnc2n1. The van der Waals surface area contributed by atoms with Crippen LogP contribution in [0.2, 0.25) is 0 Å². The van der Waals surface area contributed by atoms with E-state index in [4.69, 9.17) is 0 Å². The molecule has 0 aliphatic heterocycles. The van der Waals surface area contributed by atoms with Crippen LogP contribution in [0.3, 0.4) is 0 Å². The second-order valence-electron chi connectivity index (χ2n) is 4.82. The molecule has 0 radical (unpaired) electrons. The summed E-state index contributed by atoms with van der Waals surface area (Å²) >= 11 is 0. The third-order valence-electron chi connectivity index (χ3n) is 3.30. The van der Waals surface area contributed by atoms with Crippen molar-refractivity contribution in [3.63, 3.8) is 0 Å². The third kappa shape index (κ3) is 2.09. The van der Waals surface area contributed by atoms with E-state index in [1.54, 1.807) is 10.8 Å². The molecule has 0 bridgehead atoms. The predicted molar refractivity (Wildman–Crippen MR) is 68.2 cm³/mol. The fourth-order valence-electron chi connectivity index (χ4n) is 1.82. The van der Waals surface area contributed by atoms with Crippen molar-refractivity contribution in [1.82, 2.24) is 19.6 Å². The minimum atomic E-state index is 0.434. The molecular weight excluding hydrogens is 214 g/mol. The highest BCUT2D eigenvalue weighted by atomic mass is 15.4. The molecule has 2 aromatic heterocycles. The second kappa shape index (κ2) is 4.31. The number of fused-ring (bicyclic) bond motifs is 1. The molecule has 0 amide bonds. The number of nitrogens with zero attached hydrogens (tertiary/aromatic N) is 5. The first-order valence-electron chi connectivity index (χ1n) is 5.91. The van der Waals surface area contributed by atoms with E-state index in [1.807, 2.05) is 13.0 Å². The number of aryl methyl sites for hydroxylation is 1. The summed E-state index contributed by atoms with van der Waals surface area (Å²) < 4.78 is 1.78. The fraction of sp³-hybridized carbons (Fsp3) is 0.583. The first-order chi connectivity index (χ1) is 8.00. The molecule has 5 nitrogen and oxygen atoms in total. The van der Waals surface area contributed by atoms with Crippen LogP contribution in [0.4, 0.5) is 5.82 Å². The molecule has 2 heterocycles. The summed E-state index contributed by atoms with van der Waals surface area (Å²) in [7, 11) is 2.08. The van der Waals surface area contributed by atoms with Crippen LogP contribution in [0.25, 0.3) is 5.78 Å². The van der Waals surface area contributed by atoms with Crippen LogP contribution in [0.1, 0.15) is 26.5 Å². The minimum absolute atomic E-state index is 0.434. The maximum atomic E-state index is 4.35. The van der Waals surface area contributed by atoms with Gasteiger partial charge < -0.3 is 4.90 Å². The first-order valence-corrected chi connectivity index (χ1v) is 5.91. The van der Waals surface area contributed by atoms with Gasteiger partial charge in [-0.2, -0.15) is 14.6 Å². The Balaban J connectivity index is 2.50. The Kier molecular flexibility index (Phi) is 3.00. The Morgan fingerprint density at radius 3 is 2.65 bits per heavy atom. The smallest absolute Gasteiger partial charge is 0.254 e. The Bertz CT molecular complexity index is 517. The van der Waals surface area contributed by atoms with E-state index < -0.39 is 0 Å². The van der Waals surface area contributed by atoms with Crippen LogP contribution in [0.5, 0.6) is 0 Å². The summed E-state index contributed by atoms with van der Waals surface area (Å²) in [6.07, 6.45) is 1.54. The summed E-state index contributed by atoms with van der Waals surface area (Å²) in [6.45, 7) is 8.62. The predicted octanol–water partition coefficient (Wildman–Crippen LogP) is 1.91. The molecule has 0 unspecified atom stereocenters. The summed E-state index contributed by atoms with van der Waals surface area (Å²) in [5.74, 6) is 2.26. The number of hydrogen-bond acceptors (Lipinski definition) is 4. The van der Waals surface area contributed by atoms with E-state index in [2.05, 4.69) is 47.8 Å². The fourth-order valence-corrected chi connectivity index (χ4v) is 1.82. The van der Waals surface area contributed by atoms with Crippen molar-refractivity contribution in [2.45, 2.75) is 33.7 Å². The Morgan fingerprint density at radius 1 is 1.29 bits per heavy atom. The van der Waals surface area contributed by atoms with Crippen LogP contribution < -0.4 is 4.90 Å². The van der Waals surface area contributed by atoms with Crippen molar-refractivity contribution in [2.24, 2.45) is 5.92 Å². The first kappa shape index (κ1) is 11.8. The van der Waals surface area contributed by atoms with E-state index in [-0.39, 0.29) is 0 Å². The van der Waals surface area contributed by atoms with Crippen LogP contribution in [0.15, 0.2) is 12.4 Å². The molecule has 0 fully saturated rings. The van der Waals surface area contributed by atoms with Crippen molar-refractivity contribution < 1.29 is 0 Å². The highest BCUT2D eigenvalue weighted by molar-refractivity contribution is 5.47. The van der Waals surface area contributed by atoms with Gasteiger partial charge in [-0.1, -0.05) is 13.8 Å². The van der Waals surface area contributed by atoms with Gasteiger partial charge in [0, 0.05) is 24.8 Å². The third-order valence-corrected chi connectivity index (χ3v) is 3.30. The standard InChI is InChI=1S/C12H19N5/c1-8(2)10(4)16(5)11-6-9(3)15-12-13-7-14-17(11)12/h6-8,10H,1-5H3/t10-/m0/s1. The van der Waals surface area contributed by atoms with Crippen molar-refractivity contribution in [2.75, 3.05) is 11.9 Å². The lowest BCUT2D eigenvalue weighted by atomic mass is 10.1. The zero-order valence-corrected chi connectivity index (χ0v) is 11.0. The van der Waals surface area contributed by atoms with Gasteiger partial charge >= 0.3 is 0 Å². The van der Waals surface area contributed by atoms with Crippen LogP contribution in [-0.2, 0) is 0 Å². The van der Waals surface area contributed by atoms with Crippen LogP contribution >= 0.6 is 0 Å². The maximum Gasteiger partial charge on any atom is 0.254 e. The number of rotatable bonds is 3. The van der Waals surface area contributed by atoms with Gasteiger partial charge in [0.25, 0.3) is 5.78 Å². The largest absolute Gasteiger partial charge is 0.356 e. The molecule has 17 heavy (non-hydrogen) atoms. The van der Waals surface area contributed by atoms with Crippen LogP contribution in [0, 0.1) is 12.8 Å². The summed E-state index contributed by atoms with van der Waals surface area (Å²) in [5, 5.41) is 4.22. The van der Waals surface area contributed by atoms with Gasteiger partial charge in [-0.3, -0.25) is 0 Å². The van der Waals surface area contributed by atoms with Crippen molar-refractivity contribution in [3.8, 4) is 0 Å². The quantitative estimate of drug-likeness (QED) is 0.812. The maximum absolute atomic E-state index is 4.35. The van der Waals surface area contributed by atoms with Crippen molar-refractivity contribution in [3.05, 3.63) is 18.1 Å². The highest BCUT2D eigenvalue weighted by Crippen LogP contribution is 2.19. The van der Waals surface area contributed by atoms with E-state index >= 15 is 0 Å². The second-order valence-corrected chi connectivity index (χ2v) is 4.82. The molecule has 2 rings (SSSR count). The lowest BCUT2D eigenvalue weighted by molar-refractivity contribution is 0.499. The van der Waals surface area contributed by atoms with Gasteiger partial charge in [0.1, 0.15) is 12.1 Å². The average molecular weight is 233 g/mol. The highest BCUT2D eigenvalue weighted by Gasteiger charge is 2.17. The van der Waals surface area contributed by atoms with Gasteiger partial charge in [0.2, 0.25) is 0 Å². The zero-order chi connectivity index (χ0) is 12.6. The molecule has 5 heteroatoms. The molecule has 0 aromatic carbocycles. The number of aromatic nitrogens is 4. The Hall–Kier alpha value is -1.65. The topological polar surface area (TPSA) is 46.3 Å². The van der Waals surface area contributed by atoms with E-state index in [0.29, 0.717) is 17.7 Å². The molecule has 92 valence electrons. The molecule has 1 atom stereocenters. The molecule has 0 spiro atoms. The van der Waals surface area contributed by atoms with E-state index in [9.17, 15) is 0 Å². The summed E-state index contributed by atoms with van der Waals surface area (Å²) in [5.41, 5.74) is 0.961. The summed E-state index contributed by atoms with van der Waals surface area (Å²) in [4.78, 5) is 10.7. The van der Waals surface area contributed by atoms with E-state index in [1.165, 1.54) is 0 Å². The number of hydrogen-bond donors (Lipinski definition) is 0. The summed E-state index contributed by atoms with van der Waals surface area (Å²) in [6, 6.07) is 2.48. The lowest BCUT2D eigenvalue weighted by Crippen LogP contribution is -2.34. The lowest BCUT2D eigenvalue weighted by Gasteiger charge is -2.29. The zero-order valence-electron chi connectivity index (χ0n) is 11.0. The molecule has 0 aliphatic rings. The van der Waals surface area contributed by atoms with Gasteiger partial charge in [0.05, 0.1) is 0 Å². The van der Waals surface area contributed by atoms with Crippen molar-refractivity contribution >= 4 is 11.6 Å². The van der Waals surface area contributed by atoms with Crippen LogP contribution in [-0.4, -0.2) is 32.7 Å². The van der Waals surface area contributed by atoms with Gasteiger partial charge in [0.15, 0.2) is 0 Å².